The van der Waals surface area contributed by atoms with Crippen LogP contribution in [-0.2, 0) is 11.3 Å². The van der Waals surface area contributed by atoms with Gasteiger partial charge in [-0.15, -0.1) is 0 Å². The first-order valence-electron chi connectivity index (χ1n) is 6.19. The van der Waals surface area contributed by atoms with Crippen LogP contribution in [0.2, 0.25) is 0 Å². The number of H-pyrrole nitrogens is 1. The first-order chi connectivity index (χ1) is 9.20. The molecule has 5 heteroatoms. The number of benzene rings is 1. The fourth-order valence-electron chi connectivity index (χ4n) is 2.21. The molecule has 5 nitrogen and oxygen atoms in total. The van der Waals surface area contributed by atoms with Gasteiger partial charge in [0.05, 0.1) is 17.9 Å². The van der Waals surface area contributed by atoms with Crippen LogP contribution in [0.5, 0.6) is 5.75 Å². The molecular weight excluding hydrogens is 244 g/mol. The number of aryl methyl sites for hydroxylation is 1. The van der Waals surface area contributed by atoms with E-state index in [1.807, 2.05) is 25.1 Å². The molecule has 0 spiro atoms. The number of nitrogens with zero attached hydrogens (tertiary/aromatic N) is 1. The highest BCUT2D eigenvalue weighted by Crippen LogP contribution is 2.37. The SMILES string of the molecule is CCOC(=O)c1n[nH]c2c1COc1ccc(C)cc1-2. The van der Waals surface area contributed by atoms with Gasteiger partial charge in [0, 0.05) is 5.56 Å². The summed E-state index contributed by atoms with van der Waals surface area (Å²) in [6.45, 7) is 4.44. The van der Waals surface area contributed by atoms with Crippen molar-refractivity contribution in [1.82, 2.24) is 10.2 Å². The molecule has 0 radical (unpaired) electrons. The minimum absolute atomic E-state index is 0.309. The molecule has 1 aliphatic heterocycles. The van der Waals surface area contributed by atoms with E-state index in [2.05, 4.69) is 10.2 Å². The molecule has 0 saturated carbocycles. The van der Waals surface area contributed by atoms with Crippen LogP contribution in [0.1, 0.15) is 28.5 Å². The van der Waals surface area contributed by atoms with E-state index in [-0.39, 0.29) is 0 Å². The van der Waals surface area contributed by atoms with Crippen LogP contribution in [-0.4, -0.2) is 22.8 Å². The van der Waals surface area contributed by atoms with Crippen molar-refractivity contribution in [3.63, 3.8) is 0 Å². The molecule has 0 bridgehead atoms. The molecule has 0 aliphatic carbocycles. The average Bonchev–Trinajstić information content (AvgIpc) is 2.83. The lowest BCUT2D eigenvalue weighted by Gasteiger charge is -2.18. The van der Waals surface area contributed by atoms with Crippen molar-refractivity contribution in [3.8, 4) is 17.0 Å². The number of aromatic nitrogens is 2. The molecule has 98 valence electrons. The van der Waals surface area contributed by atoms with Gasteiger partial charge in [-0.1, -0.05) is 11.6 Å². The lowest BCUT2D eigenvalue weighted by Crippen LogP contribution is -2.11. The second-order valence-electron chi connectivity index (χ2n) is 4.43. The van der Waals surface area contributed by atoms with Gasteiger partial charge >= 0.3 is 5.97 Å². The largest absolute Gasteiger partial charge is 0.488 e. The summed E-state index contributed by atoms with van der Waals surface area (Å²) in [6, 6.07) is 5.94. The van der Waals surface area contributed by atoms with E-state index in [0.717, 1.165) is 28.1 Å². The number of rotatable bonds is 2. The van der Waals surface area contributed by atoms with Gasteiger partial charge in [-0.2, -0.15) is 5.10 Å². The topological polar surface area (TPSA) is 64.2 Å². The van der Waals surface area contributed by atoms with Gasteiger partial charge < -0.3 is 9.47 Å². The Bertz CT molecular complexity index is 646. The first kappa shape index (κ1) is 11.8. The number of carbonyl (C=O) groups excluding carboxylic acids is 1. The van der Waals surface area contributed by atoms with Gasteiger partial charge in [-0.3, -0.25) is 5.10 Å². The quantitative estimate of drug-likeness (QED) is 0.840. The summed E-state index contributed by atoms with van der Waals surface area (Å²) in [6.07, 6.45) is 0. The molecule has 19 heavy (non-hydrogen) atoms. The Morgan fingerprint density at radius 3 is 3.16 bits per heavy atom. The molecule has 1 aromatic carbocycles. The second-order valence-corrected chi connectivity index (χ2v) is 4.43. The van der Waals surface area contributed by atoms with Crippen molar-refractivity contribution >= 4 is 5.97 Å². The number of aromatic amines is 1. The summed E-state index contributed by atoms with van der Waals surface area (Å²) in [5.74, 6) is 0.386. The summed E-state index contributed by atoms with van der Waals surface area (Å²) < 4.78 is 10.7. The van der Waals surface area contributed by atoms with Gasteiger partial charge in [0.2, 0.25) is 0 Å². The lowest BCUT2D eigenvalue weighted by molar-refractivity contribution is 0.0516. The summed E-state index contributed by atoms with van der Waals surface area (Å²) >= 11 is 0. The van der Waals surface area contributed by atoms with Gasteiger partial charge in [0.1, 0.15) is 12.4 Å². The molecule has 0 saturated heterocycles. The van der Waals surface area contributed by atoms with Crippen molar-refractivity contribution in [3.05, 3.63) is 35.0 Å². The number of hydrogen-bond acceptors (Lipinski definition) is 4. The number of nitrogens with one attached hydrogen (secondary N) is 1. The molecule has 0 amide bonds. The fourth-order valence-corrected chi connectivity index (χ4v) is 2.21. The van der Waals surface area contributed by atoms with Crippen molar-refractivity contribution in [2.75, 3.05) is 6.61 Å². The maximum absolute atomic E-state index is 11.8. The standard InChI is InChI=1S/C14H14N2O3/c1-3-18-14(17)13-10-7-19-11-5-4-8(2)6-9(11)12(10)15-16-13/h4-6H,3,7H2,1-2H3,(H,15,16). The Morgan fingerprint density at radius 1 is 1.53 bits per heavy atom. The molecule has 0 atom stereocenters. The monoisotopic (exact) mass is 258 g/mol. The predicted molar refractivity (Wildman–Crippen MR) is 69.0 cm³/mol. The van der Waals surface area contributed by atoms with E-state index in [4.69, 9.17) is 9.47 Å². The minimum Gasteiger partial charge on any atom is -0.488 e. The third-order valence-corrected chi connectivity index (χ3v) is 3.11. The number of fused-ring (bicyclic) bond motifs is 3. The maximum Gasteiger partial charge on any atom is 0.359 e. The van der Waals surface area contributed by atoms with Crippen molar-refractivity contribution < 1.29 is 14.3 Å². The molecule has 1 aliphatic rings. The van der Waals surface area contributed by atoms with E-state index < -0.39 is 5.97 Å². The lowest BCUT2D eigenvalue weighted by atomic mass is 10.0. The van der Waals surface area contributed by atoms with Gasteiger partial charge in [-0.25, -0.2) is 4.79 Å². The van der Waals surface area contributed by atoms with Crippen LogP contribution in [0.4, 0.5) is 0 Å². The molecule has 1 aromatic heterocycles. The summed E-state index contributed by atoms with van der Waals surface area (Å²) in [4.78, 5) is 11.8. The highest BCUT2D eigenvalue weighted by molar-refractivity contribution is 5.92. The molecule has 1 N–H and O–H groups in total. The smallest absolute Gasteiger partial charge is 0.359 e. The Hall–Kier alpha value is -2.30. The number of esters is 1. The average molecular weight is 258 g/mol. The zero-order valence-corrected chi connectivity index (χ0v) is 10.8. The third-order valence-electron chi connectivity index (χ3n) is 3.11. The Labute approximate surface area is 110 Å². The van der Waals surface area contributed by atoms with Crippen molar-refractivity contribution in [2.45, 2.75) is 20.5 Å². The van der Waals surface area contributed by atoms with Crippen LogP contribution in [0, 0.1) is 6.92 Å². The first-order valence-corrected chi connectivity index (χ1v) is 6.19. The number of ether oxygens (including phenoxy) is 2. The normalized spacial score (nSPS) is 12.3. The van der Waals surface area contributed by atoms with Crippen molar-refractivity contribution in [1.29, 1.82) is 0 Å². The van der Waals surface area contributed by atoms with E-state index in [1.54, 1.807) is 6.92 Å². The Balaban J connectivity index is 2.09. The van der Waals surface area contributed by atoms with Gasteiger partial charge in [0.25, 0.3) is 0 Å². The molecule has 2 aromatic rings. The summed E-state index contributed by atoms with van der Waals surface area (Å²) in [5, 5.41) is 6.98. The van der Waals surface area contributed by atoms with E-state index in [9.17, 15) is 4.79 Å². The van der Waals surface area contributed by atoms with Crippen LogP contribution >= 0.6 is 0 Å². The molecule has 0 fully saturated rings. The Kier molecular flexibility index (Phi) is 2.74. The maximum atomic E-state index is 11.8. The van der Waals surface area contributed by atoms with E-state index in [0.29, 0.717) is 18.9 Å². The molecular formula is C14H14N2O3. The van der Waals surface area contributed by atoms with Crippen LogP contribution in [0.3, 0.4) is 0 Å². The molecule has 3 rings (SSSR count). The summed E-state index contributed by atoms with van der Waals surface area (Å²) in [5.41, 5.74) is 3.97. The predicted octanol–water partition coefficient (Wildman–Crippen LogP) is 2.45. The van der Waals surface area contributed by atoms with E-state index in [1.165, 1.54) is 0 Å². The van der Waals surface area contributed by atoms with Crippen LogP contribution in [0.15, 0.2) is 18.2 Å². The van der Waals surface area contributed by atoms with Crippen molar-refractivity contribution in [2.24, 2.45) is 0 Å². The number of carbonyl (C=O) groups is 1. The van der Waals surface area contributed by atoms with Crippen LogP contribution < -0.4 is 4.74 Å². The molecule has 0 unspecified atom stereocenters. The highest BCUT2D eigenvalue weighted by atomic mass is 16.5. The Morgan fingerprint density at radius 2 is 2.37 bits per heavy atom. The third kappa shape index (κ3) is 1.87. The fraction of sp³-hybridized carbons (Fsp3) is 0.286. The van der Waals surface area contributed by atoms with E-state index >= 15 is 0 Å². The minimum atomic E-state index is -0.417. The zero-order valence-electron chi connectivity index (χ0n) is 10.8. The highest BCUT2D eigenvalue weighted by Gasteiger charge is 2.26. The number of hydrogen-bond donors (Lipinski definition) is 1. The second kappa shape index (κ2) is 4.42. The van der Waals surface area contributed by atoms with Gasteiger partial charge in [-0.05, 0) is 26.0 Å². The summed E-state index contributed by atoms with van der Waals surface area (Å²) in [7, 11) is 0. The molecule has 2 heterocycles. The van der Waals surface area contributed by atoms with Gasteiger partial charge in [0.15, 0.2) is 5.69 Å². The zero-order chi connectivity index (χ0) is 13.4. The van der Waals surface area contributed by atoms with Crippen LogP contribution in [0.25, 0.3) is 11.3 Å².